The van der Waals surface area contributed by atoms with E-state index in [9.17, 15) is 4.79 Å². The van der Waals surface area contributed by atoms with Crippen LogP contribution in [0.25, 0.3) is 0 Å². The van der Waals surface area contributed by atoms with E-state index >= 15 is 0 Å². The van der Waals surface area contributed by atoms with E-state index in [1.165, 1.54) is 6.42 Å². The lowest BCUT2D eigenvalue weighted by Gasteiger charge is -2.40. The minimum atomic E-state index is 0.247. The summed E-state index contributed by atoms with van der Waals surface area (Å²) in [7, 11) is 0. The molecule has 2 fully saturated rings. The van der Waals surface area contributed by atoms with Crippen molar-refractivity contribution in [1.82, 2.24) is 9.80 Å². The summed E-state index contributed by atoms with van der Waals surface area (Å²) in [5.74, 6) is 0.247. The van der Waals surface area contributed by atoms with Gasteiger partial charge in [-0.15, -0.1) is 0 Å². The maximum absolute atomic E-state index is 12.8. The molecule has 0 saturated carbocycles. The lowest BCUT2D eigenvalue weighted by atomic mass is 9.99. The standard InChI is InChI=1S/C16H26N2O3/c19-16(14-4-9-20-10-5-14)18-6-2-1-3-15(18)13-17-7-11-21-12-8-17/h4,15H,1-3,5-13H2. The van der Waals surface area contributed by atoms with E-state index in [0.717, 1.165) is 64.2 Å². The minimum Gasteiger partial charge on any atom is -0.379 e. The molecule has 1 amide bonds. The highest BCUT2D eigenvalue weighted by atomic mass is 16.5. The highest BCUT2D eigenvalue weighted by Gasteiger charge is 2.30. The van der Waals surface area contributed by atoms with Crippen LogP contribution in [0.4, 0.5) is 0 Å². The Morgan fingerprint density at radius 2 is 2.00 bits per heavy atom. The SMILES string of the molecule is O=C(C1=CCOCC1)N1CCCCC1CN1CCOCC1. The fraction of sp³-hybridized carbons (Fsp3) is 0.812. The third-order valence-corrected chi connectivity index (χ3v) is 4.70. The van der Waals surface area contributed by atoms with Gasteiger partial charge in [0.1, 0.15) is 0 Å². The first kappa shape index (κ1) is 15.0. The van der Waals surface area contributed by atoms with Crippen molar-refractivity contribution in [2.75, 3.05) is 52.6 Å². The minimum absolute atomic E-state index is 0.247. The molecule has 1 unspecified atom stereocenters. The van der Waals surface area contributed by atoms with Crippen LogP contribution in [-0.2, 0) is 14.3 Å². The molecule has 0 aliphatic carbocycles. The molecule has 3 rings (SSSR count). The molecule has 0 spiro atoms. The van der Waals surface area contributed by atoms with Crippen molar-refractivity contribution in [3.8, 4) is 0 Å². The first-order valence-corrected chi connectivity index (χ1v) is 8.22. The Morgan fingerprint density at radius 1 is 1.14 bits per heavy atom. The number of hydrogen-bond acceptors (Lipinski definition) is 4. The van der Waals surface area contributed by atoms with Crippen molar-refractivity contribution < 1.29 is 14.3 Å². The number of rotatable bonds is 3. The zero-order chi connectivity index (χ0) is 14.5. The quantitative estimate of drug-likeness (QED) is 0.780. The molecule has 2 saturated heterocycles. The fourth-order valence-corrected chi connectivity index (χ4v) is 3.45. The Balaban J connectivity index is 1.62. The van der Waals surface area contributed by atoms with Gasteiger partial charge in [0.05, 0.1) is 26.4 Å². The van der Waals surface area contributed by atoms with Crippen LogP contribution in [0.1, 0.15) is 25.7 Å². The van der Waals surface area contributed by atoms with Crippen molar-refractivity contribution in [3.05, 3.63) is 11.6 Å². The van der Waals surface area contributed by atoms with Gasteiger partial charge in [-0.1, -0.05) is 6.08 Å². The Labute approximate surface area is 126 Å². The highest BCUT2D eigenvalue weighted by molar-refractivity contribution is 5.93. The average molecular weight is 294 g/mol. The van der Waals surface area contributed by atoms with E-state index in [-0.39, 0.29) is 5.91 Å². The molecule has 0 bridgehead atoms. The molecule has 5 nitrogen and oxygen atoms in total. The molecule has 118 valence electrons. The number of likely N-dealkylation sites (tertiary alicyclic amines) is 1. The predicted octanol–water partition coefficient (Wildman–Crippen LogP) is 1.05. The summed E-state index contributed by atoms with van der Waals surface area (Å²) in [6, 6.07) is 0.369. The molecule has 0 aromatic heterocycles. The van der Waals surface area contributed by atoms with E-state index in [0.29, 0.717) is 19.3 Å². The molecule has 0 radical (unpaired) electrons. The lowest BCUT2D eigenvalue weighted by Crippen LogP contribution is -2.51. The topological polar surface area (TPSA) is 42.0 Å². The van der Waals surface area contributed by atoms with Gasteiger partial charge in [-0.3, -0.25) is 9.69 Å². The Bertz CT molecular complexity index is 391. The number of carbonyl (C=O) groups is 1. The maximum Gasteiger partial charge on any atom is 0.249 e. The van der Waals surface area contributed by atoms with Crippen LogP contribution in [0.2, 0.25) is 0 Å². The number of amides is 1. The molecule has 1 atom stereocenters. The van der Waals surface area contributed by atoms with Gasteiger partial charge in [-0.05, 0) is 19.3 Å². The second kappa shape index (κ2) is 7.38. The molecule has 3 aliphatic rings. The van der Waals surface area contributed by atoms with Crippen molar-refractivity contribution in [2.45, 2.75) is 31.7 Å². The number of carbonyl (C=O) groups excluding carboxylic acids is 1. The summed E-state index contributed by atoms with van der Waals surface area (Å²) in [5.41, 5.74) is 0.954. The third kappa shape index (κ3) is 3.84. The van der Waals surface area contributed by atoms with Crippen molar-refractivity contribution in [1.29, 1.82) is 0 Å². The highest BCUT2D eigenvalue weighted by Crippen LogP contribution is 2.22. The van der Waals surface area contributed by atoms with E-state index in [2.05, 4.69) is 9.80 Å². The molecule has 0 aromatic carbocycles. The van der Waals surface area contributed by atoms with Gasteiger partial charge in [0.2, 0.25) is 5.91 Å². The van der Waals surface area contributed by atoms with Crippen LogP contribution in [0.3, 0.4) is 0 Å². The second-order valence-corrected chi connectivity index (χ2v) is 6.12. The molecule has 21 heavy (non-hydrogen) atoms. The lowest BCUT2D eigenvalue weighted by molar-refractivity contribution is -0.132. The molecule has 0 N–H and O–H groups in total. The number of ether oxygens (including phenoxy) is 2. The molecule has 5 heteroatoms. The van der Waals surface area contributed by atoms with Crippen molar-refractivity contribution in [2.24, 2.45) is 0 Å². The van der Waals surface area contributed by atoms with E-state index < -0.39 is 0 Å². The molecule has 3 heterocycles. The van der Waals surface area contributed by atoms with Crippen LogP contribution in [0.15, 0.2) is 11.6 Å². The molecule has 3 aliphatic heterocycles. The Hall–Kier alpha value is -0.910. The molecule has 0 aromatic rings. The summed E-state index contributed by atoms with van der Waals surface area (Å²) in [6.45, 7) is 6.81. The average Bonchev–Trinajstić information content (AvgIpc) is 2.56. The van der Waals surface area contributed by atoms with Gasteiger partial charge in [-0.2, -0.15) is 0 Å². The van der Waals surface area contributed by atoms with Crippen LogP contribution in [0, 0.1) is 0 Å². The van der Waals surface area contributed by atoms with Gasteiger partial charge in [0, 0.05) is 44.2 Å². The molecular weight excluding hydrogens is 268 g/mol. The largest absolute Gasteiger partial charge is 0.379 e. The van der Waals surface area contributed by atoms with Crippen molar-refractivity contribution in [3.63, 3.8) is 0 Å². The van der Waals surface area contributed by atoms with Gasteiger partial charge < -0.3 is 14.4 Å². The summed E-state index contributed by atoms with van der Waals surface area (Å²) in [5, 5.41) is 0. The number of hydrogen-bond donors (Lipinski definition) is 0. The van der Waals surface area contributed by atoms with Crippen LogP contribution in [-0.4, -0.2) is 74.4 Å². The van der Waals surface area contributed by atoms with Crippen LogP contribution >= 0.6 is 0 Å². The third-order valence-electron chi connectivity index (χ3n) is 4.70. The summed E-state index contributed by atoms with van der Waals surface area (Å²) in [6.07, 6.45) is 6.23. The first-order valence-electron chi connectivity index (χ1n) is 8.22. The first-order chi connectivity index (χ1) is 10.3. The monoisotopic (exact) mass is 294 g/mol. The smallest absolute Gasteiger partial charge is 0.249 e. The zero-order valence-corrected chi connectivity index (χ0v) is 12.8. The Morgan fingerprint density at radius 3 is 2.76 bits per heavy atom. The predicted molar refractivity (Wildman–Crippen MR) is 80.1 cm³/mol. The number of morpholine rings is 1. The maximum atomic E-state index is 12.8. The van der Waals surface area contributed by atoms with Gasteiger partial charge in [-0.25, -0.2) is 0 Å². The van der Waals surface area contributed by atoms with Gasteiger partial charge >= 0.3 is 0 Å². The Kier molecular flexibility index (Phi) is 5.27. The summed E-state index contributed by atoms with van der Waals surface area (Å²) >= 11 is 0. The normalized spacial score (nSPS) is 28.3. The van der Waals surface area contributed by atoms with Crippen molar-refractivity contribution >= 4 is 5.91 Å². The zero-order valence-electron chi connectivity index (χ0n) is 12.8. The van der Waals surface area contributed by atoms with Crippen LogP contribution < -0.4 is 0 Å². The number of nitrogens with zero attached hydrogens (tertiary/aromatic N) is 2. The second-order valence-electron chi connectivity index (χ2n) is 6.12. The van der Waals surface area contributed by atoms with Gasteiger partial charge in [0.15, 0.2) is 0 Å². The van der Waals surface area contributed by atoms with E-state index in [1.807, 2.05) is 6.08 Å². The van der Waals surface area contributed by atoms with Gasteiger partial charge in [0.25, 0.3) is 0 Å². The van der Waals surface area contributed by atoms with E-state index in [1.54, 1.807) is 0 Å². The van der Waals surface area contributed by atoms with Crippen LogP contribution in [0.5, 0.6) is 0 Å². The summed E-state index contributed by atoms with van der Waals surface area (Å²) < 4.78 is 10.7. The summed E-state index contributed by atoms with van der Waals surface area (Å²) in [4.78, 5) is 17.3. The van der Waals surface area contributed by atoms with E-state index in [4.69, 9.17) is 9.47 Å². The fourth-order valence-electron chi connectivity index (χ4n) is 3.45. The number of piperidine rings is 1. The molecular formula is C16H26N2O3.